The third kappa shape index (κ3) is 4.32. The van der Waals surface area contributed by atoms with E-state index in [-0.39, 0.29) is 18.3 Å². The van der Waals surface area contributed by atoms with E-state index in [0.717, 1.165) is 5.56 Å². The molecule has 0 bridgehead atoms. The third-order valence-electron chi connectivity index (χ3n) is 3.51. The summed E-state index contributed by atoms with van der Waals surface area (Å²) < 4.78 is 7.11. The van der Waals surface area contributed by atoms with E-state index in [1.807, 2.05) is 25.1 Å². The van der Waals surface area contributed by atoms with E-state index >= 15 is 0 Å². The summed E-state index contributed by atoms with van der Waals surface area (Å²) in [5.74, 6) is 0.238. The molecule has 2 aromatic carbocycles. The molecule has 1 amide bonds. The Hall–Kier alpha value is -2.50. The average Bonchev–Trinajstić information content (AvgIpc) is 3.06. The Bertz CT molecular complexity index is 909. The maximum Gasteiger partial charge on any atom is 0.276 e. The van der Waals surface area contributed by atoms with Crippen molar-refractivity contribution in [3.05, 3.63) is 76.0 Å². The Morgan fingerprint density at radius 2 is 2.00 bits per heavy atom. The van der Waals surface area contributed by atoms with Crippen molar-refractivity contribution < 1.29 is 9.53 Å². The van der Waals surface area contributed by atoms with Crippen LogP contribution in [0.1, 0.15) is 16.1 Å². The van der Waals surface area contributed by atoms with Crippen LogP contribution in [0.5, 0.6) is 5.75 Å². The molecule has 0 saturated heterocycles. The molecule has 0 saturated carbocycles. The number of ether oxygens (including phenoxy) is 1. The molecule has 3 aromatic rings. The highest BCUT2D eigenvalue weighted by atomic mass is 35.5. The highest BCUT2D eigenvalue weighted by Crippen LogP contribution is 2.23. The second kappa shape index (κ2) is 7.59. The molecular weight excluding hydrogens is 361 g/mol. The SMILES string of the molecule is Cc1ccc(Cl)cc1NC(=O)c1ccn(COc2ccccc2Cl)n1. The number of carbonyl (C=O) groups excluding carboxylic acids is 1. The van der Waals surface area contributed by atoms with Crippen molar-refractivity contribution in [2.45, 2.75) is 13.7 Å². The lowest BCUT2D eigenvalue weighted by molar-refractivity contribution is 0.102. The average molecular weight is 376 g/mol. The molecule has 0 spiro atoms. The van der Waals surface area contributed by atoms with Gasteiger partial charge in [-0.3, -0.25) is 4.79 Å². The van der Waals surface area contributed by atoms with Gasteiger partial charge in [-0.15, -0.1) is 0 Å². The van der Waals surface area contributed by atoms with Crippen LogP contribution in [0.2, 0.25) is 10.0 Å². The zero-order chi connectivity index (χ0) is 17.8. The summed E-state index contributed by atoms with van der Waals surface area (Å²) in [5, 5.41) is 8.08. The Balaban J connectivity index is 1.65. The Labute approximate surface area is 155 Å². The van der Waals surface area contributed by atoms with Crippen molar-refractivity contribution in [2.24, 2.45) is 0 Å². The van der Waals surface area contributed by atoms with Gasteiger partial charge < -0.3 is 10.1 Å². The number of hydrogen-bond acceptors (Lipinski definition) is 3. The minimum Gasteiger partial charge on any atom is -0.470 e. The lowest BCUT2D eigenvalue weighted by atomic mass is 10.2. The molecule has 1 N–H and O–H groups in total. The van der Waals surface area contributed by atoms with Gasteiger partial charge in [-0.05, 0) is 42.8 Å². The van der Waals surface area contributed by atoms with Gasteiger partial charge in [0, 0.05) is 16.9 Å². The monoisotopic (exact) mass is 375 g/mol. The summed E-state index contributed by atoms with van der Waals surface area (Å²) in [6, 6.07) is 14.1. The Morgan fingerprint density at radius 1 is 1.20 bits per heavy atom. The number of hydrogen-bond donors (Lipinski definition) is 1. The van der Waals surface area contributed by atoms with E-state index in [4.69, 9.17) is 27.9 Å². The highest BCUT2D eigenvalue weighted by molar-refractivity contribution is 6.32. The van der Waals surface area contributed by atoms with Crippen LogP contribution in [0.4, 0.5) is 5.69 Å². The molecular formula is C18H15Cl2N3O2. The molecule has 7 heteroatoms. The molecule has 0 unspecified atom stereocenters. The molecule has 1 heterocycles. The van der Waals surface area contributed by atoms with Crippen molar-refractivity contribution in [1.82, 2.24) is 9.78 Å². The van der Waals surface area contributed by atoms with E-state index < -0.39 is 0 Å². The smallest absolute Gasteiger partial charge is 0.276 e. The van der Waals surface area contributed by atoms with Crippen LogP contribution < -0.4 is 10.1 Å². The van der Waals surface area contributed by atoms with Crippen LogP contribution in [0.25, 0.3) is 0 Å². The van der Waals surface area contributed by atoms with E-state index in [1.165, 1.54) is 4.68 Å². The molecule has 0 aliphatic carbocycles. The maximum atomic E-state index is 12.3. The largest absolute Gasteiger partial charge is 0.470 e. The van der Waals surface area contributed by atoms with Crippen LogP contribution in [-0.4, -0.2) is 15.7 Å². The quantitative estimate of drug-likeness (QED) is 0.697. The number of amides is 1. The van der Waals surface area contributed by atoms with Crippen LogP contribution in [0, 0.1) is 6.92 Å². The number of para-hydroxylation sites is 1. The number of aryl methyl sites for hydroxylation is 1. The van der Waals surface area contributed by atoms with E-state index in [1.54, 1.807) is 36.5 Å². The number of anilines is 1. The second-order valence-corrected chi connectivity index (χ2v) is 6.20. The predicted molar refractivity (Wildman–Crippen MR) is 98.4 cm³/mol. The van der Waals surface area contributed by atoms with Gasteiger partial charge in [0.05, 0.1) is 5.02 Å². The van der Waals surface area contributed by atoms with Gasteiger partial charge in [0.1, 0.15) is 5.75 Å². The Kier molecular flexibility index (Phi) is 5.26. The number of rotatable bonds is 5. The van der Waals surface area contributed by atoms with E-state index in [9.17, 15) is 4.79 Å². The van der Waals surface area contributed by atoms with Gasteiger partial charge in [0.2, 0.25) is 0 Å². The fraction of sp³-hybridized carbons (Fsp3) is 0.111. The lowest BCUT2D eigenvalue weighted by Gasteiger charge is -2.08. The van der Waals surface area contributed by atoms with Crippen LogP contribution >= 0.6 is 23.2 Å². The molecule has 25 heavy (non-hydrogen) atoms. The third-order valence-corrected chi connectivity index (χ3v) is 4.06. The molecule has 128 valence electrons. The molecule has 5 nitrogen and oxygen atoms in total. The minimum absolute atomic E-state index is 0.146. The topological polar surface area (TPSA) is 56.2 Å². The van der Waals surface area contributed by atoms with E-state index in [0.29, 0.717) is 21.5 Å². The molecule has 0 radical (unpaired) electrons. The van der Waals surface area contributed by atoms with Gasteiger partial charge in [0.25, 0.3) is 5.91 Å². The molecule has 0 atom stereocenters. The number of halogens is 2. The van der Waals surface area contributed by atoms with Crippen molar-refractivity contribution in [2.75, 3.05) is 5.32 Å². The summed E-state index contributed by atoms with van der Waals surface area (Å²) in [6.07, 6.45) is 1.66. The van der Waals surface area contributed by atoms with Crippen molar-refractivity contribution in [1.29, 1.82) is 0 Å². The number of carbonyl (C=O) groups is 1. The van der Waals surface area contributed by atoms with Crippen molar-refractivity contribution in [3.63, 3.8) is 0 Å². The minimum atomic E-state index is -0.318. The summed E-state index contributed by atoms with van der Waals surface area (Å²) in [6.45, 7) is 2.04. The van der Waals surface area contributed by atoms with Crippen molar-refractivity contribution >= 4 is 34.8 Å². The molecule has 0 aliphatic rings. The van der Waals surface area contributed by atoms with Gasteiger partial charge >= 0.3 is 0 Å². The fourth-order valence-corrected chi connectivity index (χ4v) is 2.53. The molecule has 0 aliphatic heterocycles. The zero-order valence-corrected chi connectivity index (χ0v) is 14.9. The second-order valence-electron chi connectivity index (χ2n) is 5.36. The molecule has 3 rings (SSSR count). The predicted octanol–water partition coefficient (Wildman–Crippen LogP) is 4.79. The first-order valence-electron chi connectivity index (χ1n) is 7.51. The number of nitrogens with one attached hydrogen (secondary N) is 1. The first-order valence-corrected chi connectivity index (χ1v) is 8.27. The van der Waals surface area contributed by atoms with Crippen molar-refractivity contribution in [3.8, 4) is 5.75 Å². The standard InChI is InChI=1S/C18H15Cl2N3O2/c1-12-6-7-13(19)10-16(12)21-18(24)15-8-9-23(22-15)11-25-17-5-3-2-4-14(17)20/h2-10H,11H2,1H3,(H,21,24). The number of nitrogens with zero attached hydrogens (tertiary/aromatic N) is 2. The summed E-state index contributed by atoms with van der Waals surface area (Å²) in [4.78, 5) is 12.3. The summed E-state index contributed by atoms with van der Waals surface area (Å²) in [5.41, 5.74) is 1.85. The van der Waals surface area contributed by atoms with Crippen LogP contribution in [-0.2, 0) is 6.73 Å². The number of benzene rings is 2. The van der Waals surface area contributed by atoms with Gasteiger partial charge in [-0.25, -0.2) is 4.68 Å². The Morgan fingerprint density at radius 3 is 2.80 bits per heavy atom. The molecule has 0 fully saturated rings. The first kappa shape index (κ1) is 17.3. The normalized spacial score (nSPS) is 10.5. The van der Waals surface area contributed by atoms with Crippen LogP contribution in [0.3, 0.4) is 0 Å². The van der Waals surface area contributed by atoms with Gasteiger partial charge in [0.15, 0.2) is 12.4 Å². The van der Waals surface area contributed by atoms with E-state index in [2.05, 4.69) is 10.4 Å². The fourth-order valence-electron chi connectivity index (χ4n) is 2.17. The van der Waals surface area contributed by atoms with Gasteiger partial charge in [-0.1, -0.05) is 41.4 Å². The zero-order valence-electron chi connectivity index (χ0n) is 13.4. The lowest BCUT2D eigenvalue weighted by Crippen LogP contribution is -2.15. The number of aromatic nitrogens is 2. The molecule has 1 aromatic heterocycles. The maximum absolute atomic E-state index is 12.3. The first-order chi connectivity index (χ1) is 12.0. The summed E-state index contributed by atoms with van der Waals surface area (Å²) >= 11 is 12.0. The van der Waals surface area contributed by atoms with Gasteiger partial charge in [-0.2, -0.15) is 5.10 Å². The highest BCUT2D eigenvalue weighted by Gasteiger charge is 2.12. The summed E-state index contributed by atoms with van der Waals surface area (Å²) in [7, 11) is 0. The van der Waals surface area contributed by atoms with Crippen LogP contribution in [0.15, 0.2) is 54.7 Å².